The molecule has 0 bridgehead atoms. The highest BCUT2D eigenvalue weighted by Crippen LogP contribution is 2.31. The van der Waals surface area contributed by atoms with Gasteiger partial charge in [-0.25, -0.2) is 8.78 Å². The van der Waals surface area contributed by atoms with E-state index in [1.54, 1.807) is 18.2 Å². The van der Waals surface area contributed by atoms with E-state index in [-0.39, 0.29) is 10.8 Å². The Morgan fingerprint density at radius 3 is 2.57 bits per heavy atom. The zero-order valence-electron chi connectivity index (χ0n) is 15.1. The van der Waals surface area contributed by atoms with E-state index in [0.717, 1.165) is 5.56 Å². The first-order chi connectivity index (χ1) is 13.5. The Morgan fingerprint density at radius 1 is 1.18 bits per heavy atom. The van der Waals surface area contributed by atoms with Gasteiger partial charge in [0.15, 0.2) is 17.1 Å². The van der Waals surface area contributed by atoms with Gasteiger partial charge in [0.25, 0.3) is 0 Å². The fourth-order valence-corrected chi connectivity index (χ4v) is 3.67. The number of rotatable bonds is 8. The van der Waals surface area contributed by atoms with Crippen molar-refractivity contribution in [3.63, 3.8) is 0 Å². The number of hydrogen-bond donors (Lipinski definition) is 0. The monoisotopic (exact) mass is 421 g/mol. The molecule has 8 heteroatoms. The van der Waals surface area contributed by atoms with Crippen molar-refractivity contribution in [3.05, 3.63) is 83.2 Å². The number of aromatic nitrogens is 3. The first kappa shape index (κ1) is 20.4. The molecule has 0 N–H and O–H groups in total. The molecule has 0 saturated carbocycles. The van der Waals surface area contributed by atoms with Crippen LogP contribution in [0.3, 0.4) is 0 Å². The smallest absolute Gasteiger partial charge is 0.191 e. The molecular formula is C20H18ClF2N3OS. The summed E-state index contributed by atoms with van der Waals surface area (Å²) in [4.78, 5) is 0. The summed E-state index contributed by atoms with van der Waals surface area (Å²) in [5.41, 5.74) is 0.975. The highest BCUT2D eigenvalue weighted by Gasteiger charge is 2.20. The van der Waals surface area contributed by atoms with E-state index in [1.165, 1.54) is 42.1 Å². The average Bonchev–Trinajstić information content (AvgIpc) is 3.07. The molecule has 0 radical (unpaired) electrons. The van der Waals surface area contributed by atoms with Crippen molar-refractivity contribution in [2.24, 2.45) is 0 Å². The van der Waals surface area contributed by atoms with Crippen LogP contribution in [0.15, 0.2) is 60.3 Å². The largest absolute Gasteiger partial charge is 0.481 e. The van der Waals surface area contributed by atoms with Crippen LogP contribution in [0, 0.1) is 11.6 Å². The molecule has 1 heterocycles. The molecule has 3 rings (SSSR count). The summed E-state index contributed by atoms with van der Waals surface area (Å²) < 4.78 is 34.0. The lowest BCUT2D eigenvalue weighted by Crippen LogP contribution is -2.12. The molecular weight excluding hydrogens is 404 g/mol. The molecule has 0 amide bonds. The van der Waals surface area contributed by atoms with Crippen molar-refractivity contribution in [3.8, 4) is 5.75 Å². The molecule has 0 aliphatic rings. The minimum absolute atomic E-state index is 0.188. The van der Waals surface area contributed by atoms with Crippen LogP contribution in [0.2, 0.25) is 5.02 Å². The summed E-state index contributed by atoms with van der Waals surface area (Å²) in [5.74, 6) is 0.885. The van der Waals surface area contributed by atoms with Gasteiger partial charge in [-0.1, -0.05) is 41.6 Å². The summed E-state index contributed by atoms with van der Waals surface area (Å²) in [6.45, 7) is 6.10. The molecule has 0 fully saturated rings. The molecule has 146 valence electrons. The van der Waals surface area contributed by atoms with Gasteiger partial charge in [-0.3, -0.25) is 4.57 Å². The van der Waals surface area contributed by atoms with Gasteiger partial charge in [0.2, 0.25) is 0 Å². The molecule has 1 unspecified atom stereocenters. The third kappa shape index (κ3) is 4.91. The summed E-state index contributed by atoms with van der Waals surface area (Å²) in [6.07, 6.45) is 1.28. The molecule has 0 aliphatic carbocycles. The molecule has 0 spiro atoms. The van der Waals surface area contributed by atoms with Gasteiger partial charge in [-0.15, -0.1) is 16.8 Å². The van der Waals surface area contributed by atoms with Crippen LogP contribution < -0.4 is 4.74 Å². The number of halogens is 3. The van der Waals surface area contributed by atoms with Gasteiger partial charge in [0.05, 0.1) is 5.02 Å². The highest BCUT2D eigenvalue weighted by atomic mass is 35.5. The van der Waals surface area contributed by atoms with Crippen LogP contribution >= 0.6 is 23.4 Å². The lowest BCUT2D eigenvalue weighted by molar-refractivity contribution is 0.210. The van der Waals surface area contributed by atoms with Crippen molar-refractivity contribution in [2.75, 3.05) is 0 Å². The van der Waals surface area contributed by atoms with Crippen LogP contribution in [0.1, 0.15) is 24.4 Å². The van der Waals surface area contributed by atoms with Crippen molar-refractivity contribution < 1.29 is 13.5 Å². The third-order valence-corrected chi connectivity index (χ3v) is 5.23. The predicted molar refractivity (Wildman–Crippen MR) is 107 cm³/mol. The highest BCUT2D eigenvalue weighted by molar-refractivity contribution is 7.98. The number of hydrogen-bond acceptors (Lipinski definition) is 4. The molecule has 3 aromatic rings. The zero-order valence-corrected chi connectivity index (χ0v) is 16.7. The first-order valence-corrected chi connectivity index (χ1v) is 9.87. The fourth-order valence-electron chi connectivity index (χ4n) is 2.55. The van der Waals surface area contributed by atoms with E-state index in [1.807, 2.05) is 11.5 Å². The summed E-state index contributed by atoms with van der Waals surface area (Å²) >= 11 is 7.52. The average molecular weight is 422 g/mol. The minimum Gasteiger partial charge on any atom is -0.481 e. The normalized spacial score (nSPS) is 12.0. The summed E-state index contributed by atoms with van der Waals surface area (Å²) in [6, 6.07) is 10.3. The maximum absolute atomic E-state index is 13.2. The van der Waals surface area contributed by atoms with Crippen molar-refractivity contribution in [1.82, 2.24) is 14.8 Å². The van der Waals surface area contributed by atoms with Gasteiger partial charge in [0, 0.05) is 12.3 Å². The SMILES string of the molecule is C=CCn1c(SCc2ccc(F)cc2)nnc1C(C)Oc1ccc(F)cc1Cl. The zero-order chi connectivity index (χ0) is 20.1. The van der Waals surface area contributed by atoms with Crippen molar-refractivity contribution in [1.29, 1.82) is 0 Å². The number of thioether (sulfide) groups is 1. The van der Waals surface area contributed by atoms with Gasteiger partial charge >= 0.3 is 0 Å². The molecule has 4 nitrogen and oxygen atoms in total. The molecule has 2 aromatic carbocycles. The molecule has 0 saturated heterocycles. The van der Waals surface area contributed by atoms with E-state index in [2.05, 4.69) is 16.8 Å². The molecule has 28 heavy (non-hydrogen) atoms. The fraction of sp³-hybridized carbons (Fsp3) is 0.200. The summed E-state index contributed by atoms with van der Waals surface area (Å²) in [5, 5.41) is 9.38. The second kappa shape index (κ2) is 9.21. The maximum Gasteiger partial charge on any atom is 0.191 e. The van der Waals surface area contributed by atoms with Gasteiger partial charge in [-0.2, -0.15) is 0 Å². The van der Waals surface area contributed by atoms with Crippen LogP contribution in [-0.2, 0) is 12.3 Å². The van der Waals surface area contributed by atoms with Gasteiger partial charge < -0.3 is 4.74 Å². The van der Waals surface area contributed by atoms with E-state index in [4.69, 9.17) is 16.3 Å². The Bertz CT molecular complexity index is 963. The Morgan fingerprint density at radius 2 is 1.89 bits per heavy atom. The van der Waals surface area contributed by atoms with Crippen LogP contribution in [-0.4, -0.2) is 14.8 Å². The van der Waals surface area contributed by atoms with Gasteiger partial charge in [-0.05, 0) is 42.8 Å². The Kier molecular flexibility index (Phi) is 6.70. The minimum atomic E-state index is -0.462. The number of ether oxygens (including phenoxy) is 1. The van der Waals surface area contributed by atoms with Crippen molar-refractivity contribution in [2.45, 2.75) is 30.5 Å². The Hall–Kier alpha value is -2.38. The topological polar surface area (TPSA) is 39.9 Å². The number of benzene rings is 2. The molecule has 1 atom stereocenters. The van der Waals surface area contributed by atoms with E-state index < -0.39 is 11.9 Å². The number of allylic oxidation sites excluding steroid dienone is 1. The summed E-state index contributed by atoms with van der Waals surface area (Å²) in [7, 11) is 0. The second-order valence-electron chi connectivity index (χ2n) is 5.99. The first-order valence-electron chi connectivity index (χ1n) is 8.51. The predicted octanol–water partition coefficient (Wildman–Crippen LogP) is 5.83. The lowest BCUT2D eigenvalue weighted by atomic mass is 10.2. The van der Waals surface area contributed by atoms with Crippen LogP contribution in [0.5, 0.6) is 5.75 Å². The maximum atomic E-state index is 13.2. The van der Waals surface area contributed by atoms with Crippen LogP contribution in [0.4, 0.5) is 8.78 Å². The van der Waals surface area contributed by atoms with E-state index in [9.17, 15) is 8.78 Å². The second-order valence-corrected chi connectivity index (χ2v) is 7.34. The van der Waals surface area contributed by atoms with Crippen molar-refractivity contribution >= 4 is 23.4 Å². The molecule has 1 aromatic heterocycles. The standard InChI is InChI=1S/C20H18ClF2N3OS/c1-3-10-26-19(13(2)27-18-9-8-16(23)11-17(18)21)24-25-20(26)28-12-14-4-6-15(22)7-5-14/h3-9,11,13H,1,10,12H2,2H3. The van der Waals surface area contributed by atoms with Crippen LogP contribution in [0.25, 0.3) is 0 Å². The quantitative estimate of drug-likeness (QED) is 0.339. The Balaban J connectivity index is 1.77. The third-order valence-electron chi connectivity index (χ3n) is 3.90. The van der Waals surface area contributed by atoms with E-state index in [0.29, 0.717) is 29.0 Å². The van der Waals surface area contributed by atoms with Gasteiger partial charge in [0.1, 0.15) is 17.4 Å². The van der Waals surface area contributed by atoms with E-state index >= 15 is 0 Å². The Labute approximate surface area is 171 Å². The molecule has 0 aliphatic heterocycles. The number of nitrogens with zero attached hydrogens (tertiary/aromatic N) is 3. The lowest BCUT2D eigenvalue weighted by Gasteiger charge is -2.16.